The summed E-state index contributed by atoms with van der Waals surface area (Å²) in [5.41, 5.74) is -6.28. The highest BCUT2D eigenvalue weighted by Gasteiger charge is 2.71. The van der Waals surface area contributed by atoms with Crippen molar-refractivity contribution in [1.29, 1.82) is 0 Å². The predicted molar refractivity (Wildman–Crippen MR) is 140 cm³/mol. The number of carbonyl (C=O) groups is 1. The molecule has 0 fully saturated rings. The van der Waals surface area contributed by atoms with Gasteiger partial charge in [0, 0.05) is 5.56 Å². The second-order valence-corrected chi connectivity index (χ2v) is 10.9. The second-order valence-electron chi connectivity index (χ2n) is 9.00. The summed E-state index contributed by atoms with van der Waals surface area (Å²) in [4.78, 5) is 11.7. The van der Waals surface area contributed by atoms with Crippen LogP contribution in [0.4, 0.5) is 32.0 Å². The van der Waals surface area contributed by atoms with Gasteiger partial charge in [0.15, 0.2) is 0 Å². The second kappa shape index (κ2) is 11.7. The molecule has 4 rings (SSSR count). The van der Waals surface area contributed by atoms with Crippen molar-refractivity contribution < 1.29 is 49.4 Å². The van der Waals surface area contributed by atoms with Crippen LogP contribution in [0.5, 0.6) is 0 Å². The summed E-state index contributed by atoms with van der Waals surface area (Å²) in [7, 11) is -4.44. The van der Waals surface area contributed by atoms with Crippen LogP contribution in [0.15, 0.2) is 90.0 Å². The first kappa shape index (κ1) is 31.5. The van der Waals surface area contributed by atoms with Gasteiger partial charge in [-0.2, -0.15) is 26.3 Å². The number of halogens is 6. The smallest absolute Gasteiger partial charge is 0.430 e. The molecular weight excluding hydrogens is 606 g/mol. The van der Waals surface area contributed by atoms with Crippen molar-refractivity contribution in [2.45, 2.75) is 36.3 Å². The molecule has 16 heteroatoms. The van der Waals surface area contributed by atoms with E-state index in [1.807, 2.05) is 0 Å². The van der Waals surface area contributed by atoms with Crippen molar-refractivity contribution in [1.82, 2.24) is 15.0 Å². The van der Waals surface area contributed by atoms with Crippen LogP contribution in [0, 0.1) is 0 Å². The number of aliphatic hydroxyl groups is 1. The summed E-state index contributed by atoms with van der Waals surface area (Å²) in [6.07, 6.45) is -10.9. The molecule has 0 unspecified atom stereocenters. The molecular formula is C27H22F6N4O5S. The molecule has 0 spiro atoms. The lowest BCUT2D eigenvalue weighted by Crippen LogP contribution is -2.53. The third-order valence-electron chi connectivity index (χ3n) is 6.21. The minimum atomic E-state index is -6.12. The third-order valence-corrected chi connectivity index (χ3v) is 8.00. The van der Waals surface area contributed by atoms with Crippen molar-refractivity contribution >= 4 is 21.7 Å². The van der Waals surface area contributed by atoms with Gasteiger partial charge in [-0.3, -0.25) is 4.31 Å². The van der Waals surface area contributed by atoms with Gasteiger partial charge in [0.2, 0.25) is 0 Å². The molecule has 0 bridgehead atoms. The lowest BCUT2D eigenvalue weighted by atomic mass is 9.92. The number of benzene rings is 3. The average molecular weight is 629 g/mol. The maximum atomic E-state index is 13.6. The Hall–Kier alpha value is -4.44. The van der Waals surface area contributed by atoms with Gasteiger partial charge in [0.25, 0.3) is 15.6 Å². The van der Waals surface area contributed by atoms with Gasteiger partial charge < -0.3 is 9.84 Å². The minimum absolute atomic E-state index is 0.0557. The number of hydrogen-bond acceptors (Lipinski definition) is 7. The Bertz CT molecular complexity index is 1660. The average Bonchev–Trinajstić information content (AvgIpc) is 3.44. The van der Waals surface area contributed by atoms with Gasteiger partial charge in [0.05, 0.1) is 41.2 Å². The summed E-state index contributed by atoms with van der Waals surface area (Å²) in [5, 5.41) is 17.6. The molecule has 0 aliphatic rings. The standard InChI is InChI=1S/C27H22F6N4O5S/c1-2-42-24(38)18-8-12-21(13-9-18)36-16-20(34-35-36)17-37(43(40,41)23-6-4-3-5-7-23)22-14-10-19(11-15-22)25(39,26(28,29)30)27(31,32)33/h3-16,39H,2,17H2,1H3. The van der Waals surface area contributed by atoms with Gasteiger partial charge in [-0.1, -0.05) is 35.5 Å². The summed E-state index contributed by atoms with van der Waals surface area (Å²) in [5.74, 6) is -0.537. The van der Waals surface area contributed by atoms with E-state index in [9.17, 15) is 44.7 Å². The number of aromatic nitrogens is 3. The van der Waals surface area contributed by atoms with E-state index in [1.54, 1.807) is 13.0 Å². The van der Waals surface area contributed by atoms with E-state index < -0.39 is 46.1 Å². The minimum Gasteiger partial charge on any atom is -0.462 e. The number of nitrogens with zero attached hydrogens (tertiary/aromatic N) is 4. The van der Waals surface area contributed by atoms with Gasteiger partial charge in [-0.25, -0.2) is 17.9 Å². The molecule has 0 saturated carbocycles. The Morgan fingerprint density at radius 2 is 1.49 bits per heavy atom. The van der Waals surface area contributed by atoms with E-state index in [4.69, 9.17) is 4.74 Å². The van der Waals surface area contributed by atoms with Crippen molar-refractivity contribution in [2.75, 3.05) is 10.9 Å². The van der Waals surface area contributed by atoms with E-state index in [0.717, 1.165) is 16.4 Å². The number of rotatable bonds is 9. The zero-order valence-electron chi connectivity index (χ0n) is 22.0. The molecule has 0 radical (unpaired) electrons. The first-order chi connectivity index (χ1) is 20.1. The normalized spacial score (nSPS) is 12.7. The van der Waals surface area contributed by atoms with E-state index in [2.05, 4.69) is 10.3 Å². The fraction of sp³-hybridized carbons (Fsp3) is 0.222. The third kappa shape index (κ3) is 6.19. The molecule has 3 aromatic carbocycles. The molecule has 0 atom stereocenters. The molecule has 9 nitrogen and oxygen atoms in total. The fourth-order valence-corrected chi connectivity index (χ4v) is 5.46. The summed E-state index contributed by atoms with van der Waals surface area (Å²) >= 11 is 0. The highest BCUT2D eigenvalue weighted by molar-refractivity contribution is 7.92. The van der Waals surface area contributed by atoms with Crippen molar-refractivity contribution in [3.8, 4) is 5.69 Å². The maximum absolute atomic E-state index is 13.6. The predicted octanol–water partition coefficient (Wildman–Crippen LogP) is 5.15. The number of alkyl halides is 6. The topological polar surface area (TPSA) is 115 Å². The molecule has 0 aliphatic heterocycles. The highest BCUT2D eigenvalue weighted by Crippen LogP contribution is 2.50. The lowest BCUT2D eigenvalue weighted by molar-refractivity contribution is -0.376. The monoisotopic (exact) mass is 628 g/mol. The molecule has 0 aliphatic carbocycles. The van der Waals surface area contributed by atoms with Crippen molar-refractivity contribution in [3.05, 3.63) is 102 Å². The van der Waals surface area contributed by atoms with E-state index in [1.165, 1.54) is 59.4 Å². The Morgan fingerprint density at radius 1 is 0.907 bits per heavy atom. The molecule has 43 heavy (non-hydrogen) atoms. The van der Waals surface area contributed by atoms with Gasteiger partial charge in [-0.05, 0) is 55.5 Å². The zero-order valence-corrected chi connectivity index (χ0v) is 22.9. The first-order valence-corrected chi connectivity index (χ1v) is 13.8. The van der Waals surface area contributed by atoms with Gasteiger partial charge >= 0.3 is 18.3 Å². The highest BCUT2D eigenvalue weighted by atomic mass is 32.2. The van der Waals surface area contributed by atoms with E-state index in [0.29, 0.717) is 17.8 Å². The Labute approximate surface area is 241 Å². The van der Waals surface area contributed by atoms with Crippen molar-refractivity contribution in [2.24, 2.45) is 0 Å². The quantitative estimate of drug-likeness (QED) is 0.201. The van der Waals surface area contributed by atoms with Gasteiger partial charge in [0.1, 0.15) is 5.69 Å². The number of esters is 1. The molecule has 0 saturated heterocycles. The summed E-state index contributed by atoms with van der Waals surface area (Å²) in [6, 6.07) is 15.1. The number of hydrogen-bond donors (Lipinski definition) is 1. The first-order valence-electron chi connectivity index (χ1n) is 12.3. The van der Waals surface area contributed by atoms with Crippen LogP contribution in [-0.4, -0.2) is 53.4 Å². The van der Waals surface area contributed by atoms with Crippen LogP contribution in [0.1, 0.15) is 28.5 Å². The van der Waals surface area contributed by atoms with Gasteiger partial charge in [-0.15, -0.1) is 5.10 Å². The Morgan fingerprint density at radius 3 is 2.02 bits per heavy atom. The summed E-state index contributed by atoms with van der Waals surface area (Å²) in [6.45, 7) is 1.31. The van der Waals surface area contributed by atoms with Crippen LogP contribution in [0.3, 0.4) is 0 Å². The zero-order chi connectivity index (χ0) is 31.6. The molecule has 0 amide bonds. The molecule has 1 heterocycles. The molecule has 1 aromatic heterocycles. The Balaban J connectivity index is 1.71. The van der Waals surface area contributed by atoms with Crippen LogP contribution in [0.25, 0.3) is 5.69 Å². The lowest BCUT2D eigenvalue weighted by Gasteiger charge is -2.33. The largest absolute Gasteiger partial charge is 0.462 e. The molecule has 1 N–H and O–H groups in total. The van der Waals surface area contributed by atoms with Crippen LogP contribution in [0.2, 0.25) is 0 Å². The van der Waals surface area contributed by atoms with Crippen molar-refractivity contribution in [3.63, 3.8) is 0 Å². The van der Waals surface area contributed by atoms with Crippen LogP contribution in [-0.2, 0) is 26.9 Å². The Kier molecular flexibility index (Phi) is 8.56. The summed E-state index contributed by atoms with van der Waals surface area (Å²) < 4.78 is 114. The molecule has 4 aromatic rings. The van der Waals surface area contributed by atoms with E-state index >= 15 is 0 Å². The van der Waals surface area contributed by atoms with E-state index in [-0.39, 0.29) is 28.4 Å². The molecule has 228 valence electrons. The SMILES string of the molecule is CCOC(=O)c1ccc(-n2cc(CN(c3ccc(C(O)(C(F)(F)F)C(F)(F)F)cc3)S(=O)(=O)c3ccccc3)nn2)cc1. The van der Waals surface area contributed by atoms with Crippen LogP contribution < -0.4 is 4.31 Å². The number of carbonyl (C=O) groups excluding carboxylic acids is 1. The fourth-order valence-electron chi connectivity index (χ4n) is 4.00. The number of ether oxygens (including phenoxy) is 1. The van der Waals surface area contributed by atoms with Crippen LogP contribution >= 0.6 is 0 Å². The maximum Gasteiger partial charge on any atom is 0.430 e. The number of sulfonamides is 1. The number of anilines is 1.